The van der Waals surface area contributed by atoms with Crippen molar-refractivity contribution in [3.63, 3.8) is 0 Å². The molecule has 0 aliphatic heterocycles. The molecular formula is C18H9F23O8. The number of terminal acetylenes is 1. The van der Waals surface area contributed by atoms with Gasteiger partial charge in [0.25, 0.3) is 0 Å². The van der Waals surface area contributed by atoms with Crippen LogP contribution in [0.3, 0.4) is 0 Å². The lowest BCUT2D eigenvalue weighted by Gasteiger charge is -2.36. The fraction of sp³-hybridized carbons (Fsp3) is 0.833. The Morgan fingerprint density at radius 2 is 0.755 bits per heavy atom. The van der Waals surface area contributed by atoms with Crippen LogP contribution in [-0.4, -0.2) is 90.5 Å². The van der Waals surface area contributed by atoms with E-state index in [1.54, 1.807) is 0 Å². The number of hydrogen-bond acceptors (Lipinski definition) is 8. The van der Waals surface area contributed by atoms with E-state index in [4.69, 9.17) is 6.42 Å². The van der Waals surface area contributed by atoms with Gasteiger partial charge in [-0.2, -0.15) is 101 Å². The molecule has 0 aromatic carbocycles. The minimum absolute atomic E-state index is 0.750. The molecule has 0 rings (SSSR count). The van der Waals surface area contributed by atoms with Crippen molar-refractivity contribution < 1.29 is 139 Å². The zero-order valence-electron chi connectivity index (χ0n) is 22.0. The highest BCUT2D eigenvalue weighted by molar-refractivity contribution is 5.75. The molecule has 0 aliphatic rings. The number of carbonyl (C=O) groups is 1. The van der Waals surface area contributed by atoms with Gasteiger partial charge in [-0.1, -0.05) is 5.92 Å². The molecule has 0 amide bonds. The van der Waals surface area contributed by atoms with Crippen LogP contribution < -0.4 is 0 Å². The third-order valence-corrected chi connectivity index (χ3v) is 4.34. The number of carbonyl (C=O) groups excluding carboxylic acids is 1. The van der Waals surface area contributed by atoms with Gasteiger partial charge in [0.1, 0.15) is 5.60 Å². The fourth-order valence-electron chi connectivity index (χ4n) is 1.88. The van der Waals surface area contributed by atoms with Crippen LogP contribution >= 0.6 is 0 Å². The summed E-state index contributed by atoms with van der Waals surface area (Å²) in [5, 5.41) is 9.32. The van der Waals surface area contributed by atoms with E-state index in [0.717, 1.165) is 6.92 Å². The number of rotatable bonds is 18. The normalized spacial score (nSPS) is 16.7. The lowest BCUT2D eigenvalue weighted by atomic mass is 10.1. The number of halogens is 23. The molecule has 0 saturated carbocycles. The summed E-state index contributed by atoms with van der Waals surface area (Å²) in [5.74, 6) is -1.90. The maximum atomic E-state index is 13.5. The summed E-state index contributed by atoms with van der Waals surface area (Å²) in [4.78, 5) is 11.1. The summed E-state index contributed by atoms with van der Waals surface area (Å²) in [6, 6.07) is 0. The van der Waals surface area contributed by atoms with Gasteiger partial charge in [0, 0.05) is 6.42 Å². The summed E-state index contributed by atoms with van der Waals surface area (Å²) < 4.78 is 312. The van der Waals surface area contributed by atoms with Crippen LogP contribution in [0.2, 0.25) is 0 Å². The van der Waals surface area contributed by atoms with E-state index in [1.165, 1.54) is 24.9 Å². The molecule has 1 N–H and O–H groups in total. The second-order valence-electron chi connectivity index (χ2n) is 8.48. The Morgan fingerprint density at radius 3 is 1.00 bits per heavy atom. The van der Waals surface area contributed by atoms with Gasteiger partial charge in [-0.3, -0.25) is 0 Å². The maximum Gasteiger partial charge on any atom is 0.483 e. The molecule has 8 nitrogen and oxygen atoms in total. The molecule has 0 aromatic heterocycles. The molecular weight excluding hydrogens is 781 g/mol. The summed E-state index contributed by atoms with van der Waals surface area (Å²) >= 11 is 0. The average Bonchev–Trinajstić information content (AvgIpc) is 2.79. The van der Waals surface area contributed by atoms with Crippen LogP contribution in [0.1, 0.15) is 13.3 Å². The van der Waals surface area contributed by atoms with Crippen LogP contribution in [0.25, 0.3) is 0 Å². The fourth-order valence-corrected chi connectivity index (χ4v) is 1.88. The van der Waals surface area contributed by atoms with Gasteiger partial charge in [0.05, 0.1) is 6.61 Å². The minimum atomic E-state index is -8.12. The third-order valence-electron chi connectivity index (χ3n) is 4.34. The lowest BCUT2D eigenvalue weighted by molar-refractivity contribution is -0.589. The number of ether oxygens (including phenoxy) is 6. The molecule has 1 unspecified atom stereocenters. The first kappa shape index (κ1) is 46.2. The van der Waals surface area contributed by atoms with Gasteiger partial charge in [0.2, 0.25) is 0 Å². The van der Waals surface area contributed by atoms with Crippen molar-refractivity contribution in [2.45, 2.75) is 86.2 Å². The molecule has 0 spiro atoms. The molecule has 0 heterocycles. The van der Waals surface area contributed by atoms with Crippen molar-refractivity contribution in [3.05, 3.63) is 0 Å². The topological polar surface area (TPSA) is 92.7 Å². The molecule has 49 heavy (non-hydrogen) atoms. The molecule has 0 saturated heterocycles. The quantitative estimate of drug-likeness (QED) is 0.0914. The summed E-state index contributed by atoms with van der Waals surface area (Å²) in [6.45, 7) is -0.714. The van der Waals surface area contributed by atoms with E-state index in [9.17, 15) is 111 Å². The largest absolute Gasteiger partial charge is 0.483 e. The molecule has 290 valence electrons. The Balaban J connectivity index is 6.09. The van der Waals surface area contributed by atoms with Crippen LogP contribution in [0.15, 0.2) is 0 Å². The molecule has 0 aromatic rings. The molecule has 31 heteroatoms. The average molecular weight is 790 g/mol. The number of esters is 1. The highest BCUT2D eigenvalue weighted by Crippen LogP contribution is 2.53. The number of hydrogen-bond donors (Lipinski definition) is 1. The first-order valence-electron chi connectivity index (χ1n) is 10.7. The van der Waals surface area contributed by atoms with Crippen molar-refractivity contribution in [2.24, 2.45) is 0 Å². The summed E-state index contributed by atoms with van der Waals surface area (Å²) in [7, 11) is 0. The second-order valence-corrected chi connectivity index (χ2v) is 8.48. The summed E-state index contributed by atoms with van der Waals surface area (Å²) in [5.41, 5.74) is -2.26. The van der Waals surface area contributed by atoms with E-state index in [2.05, 4.69) is 4.74 Å². The van der Waals surface area contributed by atoms with Gasteiger partial charge < -0.3 is 9.84 Å². The molecule has 0 fully saturated rings. The van der Waals surface area contributed by atoms with Crippen molar-refractivity contribution in [1.29, 1.82) is 0 Å². The van der Waals surface area contributed by atoms with Crippen molar-refractivity contribution in [1.82, 2.24) is 0 Å². The monoisotopic (exact) mass is 790 g/mol. The van der Waals surface area contributed by atoms with Gasteiger partial charge >= 0.3 is 73.2 Å². The van der Waals surface area contributed by atoms with E-state index in [0.29, 0.717) is 0 Å². The van der Waals surface area contributed by atoms with Gasteiger partial charge in [-0.05, 0) is 6.92 Å². The highest BCUT2D eigenvalue weighted by Gasteiger charge is 2.80. The highest BCUT2D eigenvalue weighted by atomic mass is 19.4. The van der Waals surface area contributed by atoms with E-state index in [1.807, 2.05) is 4.74 Å². The van der Waals surface area contributed by atoms with E-state index >= 15 is 0 Å². The molecule has 0 bridgehead atoms. The predicted octanol–water partition coefficient (Wildman–Crippen LogP) is 6.88. The standard InChI is InChI=1S/C18H9F23O8/c1-3-7(2,43)4-5-44-6(42)8(19,20)45-11(26,27)12(28,29)47-15(34,35)16(36,37)49-18(40,41)17(38,39)48-14(32,33)13(30,31)46-10(24,25)9(21,22)23/h1,43H,4-5H2,2H3. The first-order valence-corrected chi connectivity index (χ1v) is 10.7. The SMILES string of the molecule is C#CC(C)(O)CCOC(=O)C(F)(F)OC(F)(F)C(F)(F)OC(F)(F)C(F)(F)OC(F)(F)C(F)(F)OC(F)(F)C(F)(F)OC(F)(F)C(F)(F)F. The smallest absolute Gasteiger partial charge is 0.459 e. The summed E-state index contributed by atoms with van der Waals surface area (Å²) in [6.07, 6.45) is -81.0. The Labute approximate surface area is 251 Å². The van der Waals surface area contributed by atoms with Crippen molar-refractivity contribution >= 4 is 5.97 Å². The lowest BCUT2D eigenvalue weighted by Crippen LogP contribution is -2.61. The van der Waals surface area contributed by atoms with Crippen molar-refractivity contribution in [3.8, 4) is 12.3 Å². The van der Waals surface area contributed by atoms with Crippen LogP contribution in [-0.2, 0) is 33.2 Å². The van der Waals surface area contributed by atoms with E-state index in [-0.39, 0.29) is 0 Å². The zero-order valence-corrected chi connectivity index (χ0v) is 22.0. The Morgan fingerprint density at radius 1 is 0.510 bits per heavy atom. The first-order chi connectivity index (χ1) is 21.0. The van der Waals surface area contributed by atoms with Gasteiger partial charge in [0.15, 0.2) is 0 Å². The molecule has 1 atom stereocenters. The molecule has 0 radical (unpaired) electrons. The predicted molar refractivity (Wildman–Crippen MR) is 96.0 cm³/mol. The molecule has 0 aliphatic carbocycles. The van der Waals surface area contributed by atoms with Crippen LogP contribution in [0.4, 0.5) is 101 Å². The third kappa shape index (κ3) is 10.8. The van der Waals surface area contributed by atoms with Crippen molar-refractivity contribution in [2.75, 3.05) is 6.61 Å². The Bertz CT molecular complexity index is 1210. The van der Waals surface area contributed by atoms with E-state index < -0.39 is 91.9 Å². The Hall–Kier alpha value is -2.82. The van der Waals surface area contributed by atoms with Gasteiger partial charge in [-0.25, -0.2) is 28.5 Å². The van der Waals surface area contributed by atoms with Crippen LogP contribution in [0.5, 0.6) is 0 Å². The minimum Gasteiger partial charge on any atom is -0.459 e. The number of aliphatic hydroxyl groups is 1. The second kappa shape index (κ2) is 13.4. The zero-order chi connectivity index (χ0) is 39.9. The maximum absolute atomic E-state index is 13.5. The van der Waals surface area contributed by atoms with Crippen LogP contribution in [0, 0.1) is 12.3 Å². The number of alkyl halides is 23. The Kier molecular flexibility index (Phi) is 12.6. The van der Waals surface area contributed by atoms with Gasteiger partial charge in [-0.15, -0.1) is 6.42 Å².